The van der Waals surface area contributed by atoms with Gasteiger partial charge in [-0.05, 0) is 18.8 Å². The third-order valence-electron chi connectivity index (χ3n) is 1.32. The maximum absolute atomic E-state index is 10.6. The van der Waals surface area contributed by atoms with Crippen LogP contribution in [0.2, 0.25) is 0 Å². The van der Waals surface area contributed by atoms with Gasteiger partial charge in [-0.1, -0.05) is 0 Å². The Bertz CT molecular complexity index is 139. The van der Waals surface area contributed by atoms with E-state index in [1.807, 2.05) is 0 Å². The average molecular weight is 149 g/mol. The predicted molar refractivity (Wildman–Crippen MR) is 36.7 cm³/mol. The Morgan fingerprint density at radius 2 is 2.11 bits per heavy atom. The molecule has 4 nitrogen and oxygen atoms in total. The summed E-state index contributed by atoms with van der Waals surface area (Å²) in [6.45, 7) is 0.713. The van der Waals surface area contributed by atoms with Gasteiger partial charge in [0.2, 0.25) is 0 Å². The lowest BCUT2D eigenvalue weighted by molar-refractivity contribution is 0.563. The van der Waals surface area contributed by atoms with E-state index in [0.29, 0.717) is 12.5 Å². The zero-order chi connectivity index (χ0) is 6.91. The summed E-state index contributed by atoms with van der Waals surface area (Å²) in [5, 5.41) is 2.59. The second-order valence-corrected chi connectivity index (χ2v) is 4.25. The van der Waals surface area contributed by atoms with Crippen LogP contribution in [0.25, 0.3) is 0 Å². The van der Waals surface area contributed by atoms with Gasteiger partial charge >= 0.3 is 0 Å². The van der Waals surface area contributed by atoms with E-state index in [-0.39, 0.29) is 0 Å². The molecule has 1 saturated carbocycles. The Morgan fingerprint density at radius 3 is 2.44 bits per heavy atom. The monoisotopic (exact) mass is 149 g/mol. The van der Waals surface area contributed by atoms with Gasteiger partial charge in [0.25, 0.3) is 7.59 Å². The minimum absolute atomic E-state index is 0.672. The number of hydrogen-bond donors (Lipinski definition) is 3. The lowest BCUT2D eigenvalue weighted by Gasteiger charge is -2.06. The minimum Gasteiger partial charge on any atom is -0.271 e. The van der Waals surface area contributed by atoms with Crippen molar-refractivity contribution >= 4 is 7.59 Å². The van der Waals surface area contributed by atoms with Gasteiger partial charge < -0.3 is 0 Å². The van der Waals surface area contributed by atoms with Crippen LogP contribution in [0, 0.1) is 5.92 Å². The molecule has 1 aliphatic carbocycles. The Morgan fingerprint density at radius 1 is 1.56 bits per heavy atom. The first-order chi connectivity index (χ1) is 4.08. The van der Waals surface area contributed by atoms with E-state index >= 15 is 0 Å². The van der Waals surface area contributed by atoms with Crippen molar-refractivity contribution in [3.05, 3.63) is 0 Å². The van der Waals surface area contributed by atoms with Crippen LogP contribution < -0.4 is 16.1 Å². The van der Waals surface area contributed by atoms with E-state index in [1.165, 1.54) is 12.8 Å². The Balaban J connectivity index is 2.10. The minimum atomic E-state index is -2.93. The van der Waals surface area contributed by atoms with Crippen LogP contribution in [0.15, 0.2) is 0 Å². The summed E-state index contributed by atoms with van der Waals surface area (Å²) in [4.78, 5) is 0. The van der Waals surface area contributed by atoms with E-state index in [9.17, 15) is 4.57 Å². The summed E-state index contributed by atoms with van der Waals surface area (Å²) in [5.41, 5.74) is 10.1. The number of nitrogens with one attached hydrogen (secondary N) is 1. The number of rotatable bonds is 3. The Labute approximate surface area is 54.5 Å². The van der Waals surface area contributed by atoms with Crippen molar-refractivity contribution in [3.63, 3.8) is 0 Å². The summed E-state index contributed by atoms with van der Waals surface area (Å²) < 4.78 is 10.6. The predicted octanol–water partition coefficient (Wildman–Crippen LogP) is 0.0115. The molecule has 1 rings (SSSR count). The molecule has 0 aromatic rings. The van der Waals surface area contributed by atoms with Gasteiger partial charge in [-0.2, -0.15) is 0 Å². The fourth-order valence-corrected chi connectivity index (χ4v) is 1.14. The highest BCUT2D eigenvalue weighted by molar-refractivity contribution is 7.56. The molecule has 1 fully saturated rings. The molecule has 0 aromatic heterocycles. The molecule has 5 N–H and O–H groups in total. The third-order valence-corrected chi connectivity index (χ3v) is 2.00. The number of nitrogens with two attached hydrogens (primary N) is 2. The van der Waals surface area contributed by atoms with Crippen molar-refractivity contribution in [1.29, 1.82) is 0 Å². The Kier molecular flexibility index (Phi) is 1.91. The fourth-order valence-electron chi connectivity index (χ4n) is 0.594. The normalized spacial score (nSPS) is 20.2. The molecule has 0 heterocycles. The van der Waals surface area contributed by atoms with Crippen molar-refractivity contribution < 1.29 is 4.57 Å². The van der Waals surface area contributed by atoms with Crippen molar-refractivity contribution in [2.75, 3.05) is 6.54 Å². The zero-order valence-corrected chi connectivity index (χ0v) is 6.10. The summed E-state index contributed by atoms with van der Waals surface area (Å²) in [5.74, 6) is 0.672. The molecular formula is C4H12N3OP. The van der Waals surface area contributed by atoms with E-state index in [2.05, 4.69) is 5.09 Å². The molecule has 0 bridgehead atoms. The summed E-state index contributed by atoms with van der Waals surface area (Å²) in [6.07, 6.45) is 2.43. The second-order valence-electron chi connectivity index (χ2n) is 2.51. The molecule has 0 aromatic carbocycles. The van der Waals surface area contributed by atoms with Crippen molar-refractivity contribution in [1.82, 2.24) is 5.09 Å². The highest BCUT2D eigenvalue weighted by atomic mass is 31.2. The molecule has 1 aliphatic rings. The van der Waals surface area contributed by atoms with E-state index < -0.39 is 7.59 Å². The quantitative estimate of drug-likeness (QED) is 0.494. The lowest BCUT2D eigenvalue weighted by Crippen LogP contribution is -2.23. The van der Waals surface area contributed by atoms with Crippen LogP contribution >= 0.6 is 7.59 Å². The highest BCUT2D eigenvalue weighted by Crippen LogP contribution is 2.30. The summed E-state index contributed by atoms with van der Waals surface area (Å²) in [7, 11) is -2.93. The van der Waals surface area contributed by atoms with Gasteiger partial charge in [-0.25, -0.2) is 5.09 Å². The average Bonchev–Trinajstić information content (AvgIpc) is 2.38. The van der Waals surface area contributed by atoms with Crippen LogP contribution in [-0.2, 0) is 4.57 Å². The maximum atomic E-state index is 10.6. The molecule has 9 heavy (non-hydrogen) atoms. The van der Waals surface area contributed by atoms with E-state index in [1.54, 1.807) is 0 Å². The van der Waals surface area contributed by atoms with E-state index in [0.717, 1.165) is 0 Å². The van der Waals surface area contributed by atoms with Gasteiger partial charge in [0, 0.05) is 6.54 Å². The van der Waals surface area contributed by atoms with E-state index in [4.69, 9.17) is 11.0 Å². The highest BCUT2D eigenvalue weighted by Gasteiger charge is 2.22. The first-order valence-electron chi connectivity index (χ1n) is 3.00. The smallest absolute Gasteiger partial charge is 0.271 e. The van der Waals surface area contributed by atoms with Crippen molar-refractivity contribution in [2.24, 2.45) is 16.9 Å². The molecule has 0 radical (unpaired) electrons. The van der Waals surface area contributed by atoms with Gasteiger partial charge in [0.1, 0.15) is 0 Å². The fraction of sp³-hybridized carbons (Fsp3) is 1.00. The molecule has 0 unspecified atom stereocenters. The molecule has 5 heteroatoms. The third kappa shape index (κ3) is 3.65. The zero-order valence-electron chi connectivity index (χ0n) is 5.21. The topological polar surface area (TPSA) is 81.1 Å². The maximum Gasteiger partial charge on any atom is 0.273 e. The first kappa shape index (κ1) is 7.22. The molecule has 54 valence electrons. The molecule has 0 atom stereocenters. The van der Waals surface area contributed by atoms with Crippen LogP contribution in [-0.4, -0.2) is 6.54 Å². The largest absolute Gasteiger partial charge is 0.273 e. The first-order valence-corrected chi connectivity index (χ1v) is 4.85. The van der Waals surface area contributed by atoms with Gasteiger partial charge in [-0.3, -0.25) is 15.6 Å². The molecule has 0 amide bonds. The van der Waals surface area contributed by atoms with Crippen LogP contribution in [0.5, 0.6) is 0 Å². The van der Waals surface area contributed by atoms with Gasteiger partial charge in [-0.15, -0.1) is 0 Å². The summed E-state index contributed by atoms with van der Waals surface area (Å²) in [6, 6.07) is 0. The molecule has 0 spiro atoms. The number of hydrogen-bond acceptors (Lipinski definition) is 1. The van der Waals surface area contributed by atoms with Crippen molar-refractivity contribution in [2.45, 2.75) is 12.8 Å². The van der Waals surface area contributed by atoms with Gasteiger partial charge in [0.05, 0.1) is 0 Å². The lowest BCUT2D eigenvalue weighted by atomic mass is 10.4. The Hall–Kier alpha value is 0.110. The van der Waals surface area contributed by atoms with Crippen LogP contribution in [0.1, 0.15) is 12.8 Å². The van der Waals surface area contributed by atoms with Crippen LogP contribution in [0.4, 0.5) is 0 Å². The molecule has 0 saturated heterocycles. The standard InChI is InChI=1S/C4H12N3OP/c5-9(6,8)7-3-4-1-2-4/h4H,1-3H2,(H5,5,6,7,8). The molecular weight excluding hydrogens is 137 g/mol. The molecule has 0 aliphatic heterocycles. The summed E-state index contributed by atoms with van der Waals surface area (Å²) >= 11 is 0. The van der Waals surface area contributed by atoms with Gasteiger partial charge in [0.15, 0.2) is 0 Å². The SMILES string of the molecule is NP(N)(=O)NCC1CC1. The van der Waals surface area contributed by atoms with Crippen molar-refractivity contribution in [3.8, 4) is 0 Å². The van der Waals surface area contributed by atoms with Crippen LogP contribution in [0.3, 0.4) is 0 Å². The second kappa shape index (κ2) is 2.39.